The van der Waals surface area contributed by atoms with Crippen LogP contribution in [0.5, 0.6) is 0 Å². The zero-order chi connectivity index (χ0) is 10.1. The van der Waals surface area contributed by atoms with Crippen molar-refractivity contribution < 1.29 is 0 Å². The normalized spacial score (nSPS) is 9.73. The largest absolute Gasteiger partial charge is 0.391 e. The van der Waals surface area contributed by atoms with Crippen molar-refractivity contribution in [1.29, 1.82) is 0 Å². The van der Waals surface area contributed by atoms with E-state index in [1.165, 1.54) is 11.3 Å². The molecule has 0 aliphatic heterocycles. The van der Waals surface area contributed by atoms with Gasteiger partial charge >= 0.3 is 0 Å². The number of nitrogens with two attached hydrogens (primary N) is 1. The number of benzene rings is 1. The third kappa shape index (κ3) is 2.79. The lowest BCUT2D eigenvalue weighted by molar-refractivity contribution is 1.69. The first kappa shape index (κ1) is 12.7. The fraction of sp³-hybridized carbons (Fsp3) is 0. The van der Waals surface area contributed by atoms with Gasteiger partial charge in [-0.25, -0.2) is 0 Å². The van der Waals surface area contributed by atoms with E-state index < -0.39 is 0 Å². The van der Waals surface area contributed by atoms with Gasteiger partial charge in [-0.3, -0.25) is 0 Å². The molecule has 0 atom stereocenters. The van der Waals surface area contributed by atoms with E-state index in [9.17, 15) is 0 Å². The van der Waals surface area contributed by atoms with Crippen LogP contribution in [0.25, 0.3) is 10.4 Å². The smallest absolute Gasteiger partial charge is 0.0878 e. The second kappa shape index (κ2) is 5.08. The number of thiophene rings is 1. The SMILES string of the molecule is Cl.Nc1cc(Cl)c(-c2ccc(Cl)cc2)s1. The Labute approximate surface area is 108 Å². The summed E-state index contributed by atoms with van der Waals surface area (Å²) >= 11 is 13.3. The molecule has 0 saturated heterocycles. The van der Waals surface area contributed by atoms with Crippen LogP contribution in [0.3, 0.4) is 0 Å². The van der Waals surface area contributed by atoms with Gasteiger partial charge in [-0.1, -0.05) is 35.3 Å². The summed E-state index contributed by atoms with van der Waals surface area (Å²) in [7, 11) is 0. The lowest BCUT2D eigenvalue weighted by Gasteiger charge is -1.97. The van der Waals surface area contributed by atoms with Crippen LogP contribution in [-0.4, -0.2) is 0 Å². The van der Waals surface area contributed by atoms with Crippen molar-refractivity contribution in [3.05, 3.63) is 40.4 Å². The van der Waals surface area contributed by atoms with Crippen molar-refractivity contribution >= 4 is 51.9 Å². The fourth-order valence-electron chi connectivity index (χ4n) is 1.18. The Morgan fingerprint density at radius 3 is 2.13 bits per heavy atom. The van der Waals surface area contributed by atoms with Gasteiger partial charge in [-0.15, -0.1) is 23.7 Å². The maximum absolute atomic E-state index is 6.02. The molecule has 1 aromatic heterocycles. The number of hydrogen-bond acceptors (Lipinski definition) is 2. The van der Waals surface area contributed by atoms with Crippen LogP contribution >= 0.6 is 46.9 Å². The molecule has 0 radical (unpaired) electrons. The minimum atomic E-state index is 0. The molecule has 0 unspecified atom stereocenters. The van der Waals surface area contributed by atoms with E-state index in [-0.39, 0.29) is 12.4 Å². The molecule has 15 heavy (non-hydrogen) atoms. The van der Waals surface area contributed by atoms with E-state index in [0.717, 1.165) is 20.5 Å². The Bertz CT molecular complexity index is 450. The van der Waals surface area contributed by atoms with Crippen LogP contribution in [0.4, 0.5) is 5.00 Å². The molecular weight excluding hydrogens is 273 g/mol. The van der Waals surface area contributed by atoms with Gasteiger partial charge in [0.05, 0.1) is 14.9 Å². The van der Waals surface area contributed by atoms with Gasteiger partial charge in [0, 0.05) is 5.02 Å². The maximum Gasteiger partial charge on any atom is 0.0878 e. The Morgan fingerprint density at radius 2 is 1.67 bits per heavy atom. The van der Waals surface area contributed by atoms with E-state index in [4.69, 9.17) is 28.9 Å². The first-order chi connectivity index (χ1) is 6.66. The summed E-state index contributed by atoms with van der Waals surface area (Å²) in [6, 6.07) is 9.29. The lowest BCUT2D eigenvalue weighted by atomic mass is 10.2. The van der Waals surface area contributed by atoms with Crippen molar-refractivity contribution in [2.45, 2.75) is 0 Å². The molecule has 1 nitrogen and oxygen atoms in total. The average Bonchev–Trinajstić information content (AvgIpc) is 2.47. The molecule has 2 aromatic rings. The second-order valence-electron chi connectivity index (χ2n) is 2.83. The number of hydrogen-bond donors (Lipinski definition) is 1. The van der Waals surface area contributed by atoms with Gasteiger partial charge in [-0.2, -0.15) is 0 Å². The van der Waals surface area contributed by atoms with E-state index in [1.54, 1.807) is 6.07 Å². The third-order valence-corrected chi connectivity index (χ3v) is 3.49. The predicted molar refractivity (Wildman–Crippen MR) is 71.4 cm³/mol. The molecule has 0 aliphatic carbocycles. The van der Waals surface area contributed by atoms with Crippen LogP contribution in [0.1, 0.15) is 0 Å². The van der Waals surface area contributed by atoms with E-state index in [1.807, 2.05) is 24.3 Å². The first-order valence-corrected chi connectivity index (χ1v) is 5.55. The quantitative estimate of drug-likeness (QED) is 0.803. The Balaban J connectivity index is 0.00000112. The van der Waals surface area contributed by atoms with Crippen LogP contribution < -0.4 is 5.73 Å². The highest BCUT2D eigenvalue weighted by Gasteiger charge is 2.07. The summed E-state index contributed by atoms with van der Waals surface area (Å²) in [4.78, 5) is 0.987. The number of nitrogen functional groups attached to an aromatic ring is 1. The maximum atomic E-state index is 6.02. The first-order valence-electron chi connectivity index (χ1n) is 3.97. The summed E-state index contributed by atoms with van der Waals surface area (Å²) < 4.78 is 0. The number of halogens is 3. The highest BCUT2D eigenvalue weighted by molar-refractivity contribution is 7.19. The molecule has 0 spiro atoms. The molecular formula is C10H8Cl3NS. The Hall–Kier alpha value is -0.410. The van der Waals surface area contributed by atoms with Crippen LogP contribution in [-0.2, 0) is 0 Å². The van der Waals surface area contributed by atoms with Crippen molar-refractivity contribution in [3.63, 3.8) is 0 Å². The van der Waals surface area contributed by atoms with Crippen molar-refractivity contribution in [1.82, 2.24) is 0 Å². The summed E-state index contributed by atoms with van der Waals surface area (Å²) in [6.45, 7) is 0. The molecule has 2 N–H and O–H groups in total. The molecule has 0 aliphatic rings. The van der Waals surface area contributed by atoms with Gasteiger partial charge in [0.1, 0.15) is 0 Å². The predicted octanol–water partition coefficient (Wildman–Crippen LogP) is 4.73. The van der Waals surface area contributed by atoms with Crippen LogP contribution in [0, 0.1) is 0 Å². The highest BCUT2D eigenvalue weighted by atomic mass is 35.5. The zero-order valence-electron chi connectivity index (χ0n) is 7.54. The molecule has 0 saturated carbocycles. The minimum Gasteiger partial charge on any atom is -0.391 e. The summed E-state index contributed by atoms with van der Waals surface area (Å²) in [6.07, 6.45) is 0. The van der Waals surface area contributed by atoms with Crippen molar-refractivity contribution in [3.8, 4) is 10.4 Å². The topological polar surface area (TPSA) is 26.0 Å². The summed E-state index contributed by atoms with van der Waals surface area (Å²) in [5, 5.41) is 2.13. The van der Waals surface area contributed by atoms with Crippen molar-refractivity contribution in [2.24, 2.45) is 0 Å². The molecule has 0 amide bonds. The van der Waals surface area contributed by atoms with E-state index in [2.05, 4.69) is 0 Å². The monoisotopic (exact) mass is 279 g/mol. The zero-order valence-corrected chi connectivity index (χ0v) is 10.7. The van der Waals surface area contributed by atoms with E-state index >= 15 is 0 Å². The number of anilines is 1. The van der Waals surface area contributed by atoms with Crippen molar-refractivity contribution in [2.75, 3.05) is 5.73 Å². The third-order valence-electron chi connectivity index (χ3n) is 1.81. The second-order valence-corrected chi connectivity index (χ2v) is 4.76. The van der Waals surface area contributed by atoms with E-state index in [0.29, 0.717) is 5.02 Å². The van der Waals surface area contributed by atoms with Gasteiger partial charge in [-0.05, 0) is 23.8 Å². The van der Waals surface area contributed by atoms with Gasteiger partial charge < -0.3 is 5.73 Å². The molecule has 2 rings (SSSR count). The lowest BCUT2D eigenvalue weighted by Crippen LogP contribution is -1.73. The summed E-state index contributed by atoms with van der Waals surface area (Å²) in [5.74, 6) is 0. The summed E-state index contributed by atoms with van der Waals surface area (Å²) in [5.41, 5.74) is 6.70. The Kier molecular flexibility index (Phi) is 4.29. The molecule has 1 heterocycles. The van der Waals surface area contributed by atoms with Crippen LogP contribution in [0.15, 0.2) is 30.3 Å². The molecule has 5 heteroatoms. The standard InChI is InChI=1S/C10H7Cl2NS.ClH/c11-7-3-1-6(2-4-7)10-8(12)5-9(13)14-10;/h1-5H,13H2;1H. The highest BCUT2D eigenvalue weighted by Crippen LogP contribution is 2.37. The van der Waals surface area contributed by atoms with Crippen LogP contribution in [0.2, 0.25) is 10.0 Å². The molecule has 80 valence electrons. The molecule has 0 bridgehead atoms. The van der Waals surface area contributed by atoms with Gasteiger partial charge in [0.2, 0.25) is 0 Å². The average molecular weight is 281 g/mol. The van der Waals surface area contributed by atoms with Gasteiger partial charge in [0.15, 0.2) is 0 Å². The Morgan fingerprint density at radius 1 is 1.07 bits per heavy atom. The fourth-order valence-corrected chi connectivity index (χ4v) is 2.54. The minimum absolute atomic E-state index is 0. The molecule has 0 fully saturated rings. The van der Waals surface area contributed by atoms with Gasteiger partial charge in [0.25, 0.3) is 0 Å². The molecule has 1 aromatic carbocycles. The number of rotatable bonds is 1.